The first kappa shape index (κ1) is 16.5. The van der Waals surface area contributed by atoms with Gasteiger partial charge in [0.05, 0.1) is 4.88 Å². The fourth-order valence-corrected chi connectivity index (χ4v) is 2.86. The quantitative estimate of drug-likeness (QED) is 0.923. The van der Waals surface area contributed by atoms with Crippen LogP contribution in [0.5, 0.6) is 0 Å². The molecule has 1 aliphatic rings. The van der Waals surface area contributed by atoms with Gasteiger partial charge >= 0.3 is 11.8 Å². The molecule has 5 nitrogen and oxygen atoms in total. The molecule has 2 amide bonds. The van der Waals surface area contributed by atoms with E-state index in [9.17, 15) is 22.8 Å². The molecule has 1 aromatic heterocycles. The van der Waals surface area contributed by atoms with Crippen molar-refractivity contribution in [1.29, 1.82) is 0 Å². The molecular weight excluding hydrogens is 319 g/mol. The van der Waals surface area contributed by atoms with Gasteiger partial charge in [-0.1, -0.05) is 6.07 Å². The van der Waals surface area contributed by atoms with Crippen LogP contribution in [0.2, 0.25) is 0 Å². The standard InChI is InChI=1S/C13H14F3N3O2S/c1-7(2)19-8(3)17-12(11(19)21,13(14,15)16)18-10(20)9-5-4-6-22-9/h4-7H,1-3H3,(H,18,20). The predicted molar refractivity (Wildman–Crippen MR) is 75.7 cm³/mol. The Hall–Kier alpha value is -1.90. The van der Waals surface area contributed by atoms with Crippen molar-refractivity contribution in [2.45, 2.75) is 38.7 Å². The van der Waals surface area contributed by atoms with Crippen LogP contribution in [0.1, 0.15) is 30.4 Å². The number of hydrogen-bond donors (Lipinski definition) is 1. The summed E-state index contributed by atoms with van der Waals surface area (Å²) in [6.07, 6.45) is -5.04. The van der Waals surface area contributed by atoms with Crippen molar-refractivity contribution in [3.63, 3.8) is 0 Å². The number of nitrogens with zero attached hydrogens (tertiary/aromatic N) is 2. The summed E-state index contributed by atoms with van der Waals surface area (Å²) in [5.74, 6) is -2.36. The fourth-order valence-electron chi connectivity index (χ4n) is 2.24. The summed E-state index contributed by atoms with van der Waals surface area (Å²) in [4.78, 5) is 28.8. The van der Waals surface area contributed by atoms with Crippen molar-refractivity contribution in [2.24, 2.45) is 4.99 Å². The SMILES string of the molecule is CC1=NC(NC(=O)c2cccs2)(C(F)(F)F)C(=O)N1C(C)C. The van der Waals surface area contributed by atoms with E-state index in [4.69, 9.17) is 0 Å². The van der Waals surface area contributed by atoms with Gasteiger partial charge in [-0.25, -0.2) is 4.99 Å². The van der Waals surface area contributed by atoms with Crippen molar-refractivity contribution in [3.8, 4) is 0 Å². The molecule has 2 heterocycles. The van der Waals surface area contributed by atoms with E-state index in [0.29, 0.717) is 0 Å². The summed E-state index contributed by atoms with van der Waals surface area (Å²) >= 11 is 0.980. The van der Waals surface area contributed by atoms with E-state index in [1.54, 1.807) is 24.5 Å². The number of hydrogen-bond acceptors (Lipinski definition) is 4. The van der Waals surface area contributed by atoms with Crippen molar-refractivity contribution in [3.05, 3.63) is 22.4 Å². The van der Waals surface area contributed by atoms with Gasteiger partial charge in [0, 0.05) is 6.04 Å². The number of halogens is 3. The molecule has 1 N–H and O–H groups in total. The van der Waals surface area contributed by atoms with Crippen molar-refractivity contribution < 1.29 is 22.8 Å². The molecule has 2 rings (SSSR count). The van der Waals surface area contributed by atoms with E-state index in [0.717, 1.165) is 16.2 Å². The van der Waals surface area contributed by atoms with Gasteiger partial charge in [0.2, 0.25) is 0 Å². The van der Waals surface area contributed by atoms with Crippen LogP contribution in [0.4, 0.5) is 13.2 Å². The molecular formula is C13H14F3N3O2S. The second-order valence-electron chi connectivity index (χ2n) is 5.07. The lowest BCUT2D eigenvalue weighted by Crippen LogP contribution is -2.63. The van der Waals surface area contributed by atoms with Crippen LogP contribution in [-0.2, 0) is 4.79 Å². The number of aliphatic imine (C=N–C) groups is 1. The molecule has 0 radical (unpaired) electrons. The average molecular weight is 333 g/mol. The van der Waals surface area contributed by atoms with Crippen molar-refractivity contribution in [1.82, 2.24) is 10.2 Å². The highest BCUT2D eigenvalue weighted by Gasteiger charge is 2.66. The zero-order valence-electron chi connectivity index (χ0n) is 12.1. The Balaban J connectivity index is 2.44. The number of alkyl halides is 3. The predicted octanol–water partition coefficient (Wildman–Crippen LogP) is 2.41. The molecule has 0 saturated carbocycles. The largest absolute Gasteiger partial charge is 0.442 e. The average Bonchev–Trinajstić information content (AvgIpc) is 2.96. The van der Waals surface area contributed by atoms with Crippen LogP contribution >= 0.6 is 11.3 Å². The molecule has 1 atom stereocenters. The minimum absolute atomic E-state index is 0.0762. The maximum absolute atomic E-state index is 13.5. The van der Waals surface area contributed by atoms with E-state index in [1.807, 2.05) is 0 Å². The zero-order valence-corrected chi connectivity index (χ0v) is 12.9. The number of amidine groups is 1. The summed E-state index contributed by atoms with van der Waals surface area (Å²) in [5, 5.41) is 3.32. The minimum atomic E-state index is -5.04. The first-order valence-electron chi connectivity index (χ1n) is 6.43. The van der Waals surface area contributed by atoms with Gasteiger partial charge in [-0.15, -0.1) is 11.3 Å². The molecule has 0 bridgehead atoms. The van der Waals surface area contributed by atoms with Crippen LogP contribution < -0.4 is 5.32 Å². The topological polar surface area (TPSA) is 61.8 Å². The normalized spacial score (nSPS) is 22.2. The van der Waals surface area contributed by atoms with Crippen LogP contribution in [0.25, 0.3) is 0 Å². The highest BCUT2D eigenvalue weighted by Crippen LogP contribution is 2.38. The number of carbonyl (C=O) groups excluding carboxylic acids is 2. The number of rotatable bonds is 3. The van der Waals surface area contributed by atoms with E-state index in [2.05, 4.69) is 4.99 Å². The Labute approximate surface area is 128 Å². The Morgan fingerprint density at radius 3 is 2.50 bits per heavy atom. The van der Waals surface area contributed by atoms with Gasteiger partial charge in [-0.05, 0) is 32.2 Å². The maximum Gasteiger partial charge on any atom is 0.442 e. The molecule has 22 heavy (non-hydrogen) atoms. The number of amides is 2. The van der Waals surface area contributed by atoms with E-state index in [-0.39, 0.29) is 10.7 Å². The Morgan fingerprint density at radius 2 is 2.09 bits per heavy atom. The Bertz CT molecular complexity index is 625. The second-order valence-corrected chi connectivity index (χ2v) is 6.02. The van der Waals surface area contributed by atoms with Gasteiger partial charge in [-0.2, -0.15) is 13.2 Å². The third-order valence-electron chi connectivity index (χ3n) is 3.17. The van der Waals surface area contributed by atoms with Crippen LogP contribution in [0.3, 0.4) is 0 Å². The summed E-state index contributed by atoms with van der Waals surface area (Å²) in [6, 6.07) is 2.41. The summed E-state index contributed by atoms with van der Waals surface area (Å²) in [5.41, 5.74) is -3.26. The van der Waals surface area contributed by atoms with Crippen LogP contribution in [0, 0.1) is 0 Å². The van der Waals surface area contributed by atoms with Crippen LogP contribution in [0.15, 0.2) is 22.5 Å². The summed E-state index contributed by atoms with van der Waals surface area (Å²) in [6.45, 7) is 4.46. The second kappa shape index (κ2) is 5.38. The summed E-state index contributed by atoms with van der Waals surface area (Å²) in [7, 11) is 0. The molecule has 1 aliphatic heterocycles. The molecule has 0 fully saturated rings. The lowest BCUT2D eigenvalue weighted by molar-refractivity contribution is -0.196. The van der Waals surface area contributed by atoms with Gasteiger partial charge in [-0.3, -0.25) is 14.5 Å². The minimum Gasteiger partial charge on any atom is -0.311 e. The highest BCUT2D eigenvalue weighted by molar-refractivity contribution is 7.12. The number of carbonyl (C=O) groups is 2. The monoisotopic (exact) mass is 333 g/mol. The molecule has 0 saturated heterocycles. The maximum atomic E-state index is 13.5. The third kappa shape index (κ3) is 2.49. The molecule has 0 aliphatic carbocycles. The Kier molecular flexibility index (Phi) is 4.03. The highest BCUT2D eigenvalue weighted by atomic mass is 32.1. The Morgan fingerprint density at radius 1 is 1.45 bits per heavy atom. The molecule has 0 aromatic carbocycles. The van der Waals surface area contributed by atoms with Crippen molar-refractivity contribution >= 4 is 29.0 Å². The number of nitrogens with one attached hydrogen (secondary N) is 1. The lowest BCUT2D eigenvalue weighted by atomic mass is 10.1. The van der Waals surface area contributed by atoms with Gasteiger partial charge in [0.1, 0.15) is 5.84 Å². The zero-order chi connectivity index (χ0) is 16.7. The first-order chi connectivity index (χ1) is 10.1. The fraction of sp³-hybridized carbons (Fsp3) is 0.462. The molecule has 120 valence electrons. The van der Waals surface area contributed by atoms with Gasteiger partial charge < -0.3 is 5.32 Å². The van der Waals surface area contributed by atoms with E-state index in [1.165, 1.54) is 19.1 Å². The third-order valence-corrected chi connectivity index (χ3v) is 4.04. The van der Waals surface area contributed by atoms with E-state index >= 15 is 0 Å². The summed E-state index contributed by atoms with van der Waals surface area (Å²) < 4.78 is 40.5. The first-order valence-corrected chi connectivity index (χ1v) is 7.31. The molecule has 9 heteroatoms. The number of thiophene rings is 1. The van der Waals surface area contributed by atoms with Gasteiger partial charge in [0.15, 0.2) is 0 Å². The van der Waals surface area contributed by atoms with E-state index < -0.39 is 29.7 Å². The molecule has 0 spiro atoms. The van der Waals surface area contributed by atoms with Crippen molar-refractivity contribution in [2.75, 3.05) is 0 Å². The van der Waals surface area contributed by atoms with Gasteiger partial charge in [0.25, 0.3) is 11.8 Å². The van der Waals surface area contributed by atoms with Crippen LogP contribution in [-0.4, -0.2) is 40.4 Å². The molecule has 1 unspecified atom stereocenters. The smallest absolute Gasteiger partial charge is 0.311 e. The lowest BCUT2D eigenvalue weighted by Gasteiger charge is -2.30. The molecule has 1 aromatic rings.